The van der Waals surface area contributed by atoms with Crippen molar-refractivity contribution in [3.63, 3.8) is 0 Å². The van der Waals surface area contributed by atoms with Crippen LogP contribution in [0.2, 0.25) is 0 Å². The number of carbonyl (C=O) groups is 1. The number of anilines is 2. The number of hydrogen-bond acceptors (Lipinski definition) is 3. The summed E-state index contributed by atoms with van der Waals surface area (Å²) in [6.45, 7) is 3.77. The van der Waals surface area contributed by atoms with E-state index in [0.29, 0.717) is 0 Å². The van der Waals surface area contributed by atoms with Crippen LogP contribution in [-0.2, 0) is 4.79 Å². The molecule has 1 fully saturated rings. The zero-order valence-electron chi connectivity index (χ0n) is 12.9. The molecule has 0 spiro atoms. The standard InChI is InChI=1S/C18H21N3O/c1-14-13-18(19-16-9-5-3-6-10-16)21(15(2)22)20(14)17-11-7-4-8-12-17/h3-12,14,18-19H,13H2,1-2H3/t14-,18+/m0/s1. The molecule has 22 heavy (non-hydrogen) atoms. The molecule has 1 aliphatic rings. The van der Waals surface area contributed by atoms with E-state index >= 15 is 0 Å². The molecule has 2 aromatic rings. The molecule has 2 atom stereocenters. The van der Waals surface area contributed by atoms with Crippen LogP contribution in [0.25, 0.3) is 0 Å². The highest BCUT2D eigenvalue weighted by Gasteiger charge is 2.38. The van der Waals surface area contributed by atoms with E-state index in [1.165, 1.54) is 0 Å². The molecule has 2 aromatic carbocycles. The van der Waals surface area contributed by atoms with Gasteiger partial charge in [-0.2, -0.15) is 0 Å². The van der Waals surface area contributed by atoms with Gasteiger partial charge in [0.05, 0.1) is 11.7 Å². The van der Waals surface area contributed by atoms with Gasteiger partial charge in [-0.3, -0.25) is 9.80 Å². The van der Waals surface area contributed by atoms with Gasteiger partial charge in [0, 0.05) is 19.0 Å². The van der Waals surface area contributed by atoms with Gasteiger partial charge in [0.15, 0.2) is 0 Å². The molecule has 1 N–H and O–H groups in total. The van der Waals surface area contributed by atoms with Gasteiger partial charge in [0.25, 0.3) is 0 Å². The first-order valence-corrected chi connectivity index (χ1v) is 7.62. The van der Waals surface area contributed by atoms with Gasteiger partial charge in [-0.25, -0.2) is 5.01 Å². The summed E-state index contributed by atoms with van der Waals surface area (Å²) >= 11 is 0. The lowest BCUT2D eigenvalue weighted by atomic mass is 10.2. The number of hydrazine groups is 1. The van der Waals surface area contributed by atoms with Crippen molar-refractivity contribution in [3.8, 4) is 0 Å². The summed E-state index contributed by atoms with van der Waals surface area (Å²) in [5.74, 6) is 0.0432. The molecule has 0 unspecified atom stereocenters. The smallest absolute Gasteiger partial charge is 0.239 e. The van der Waals surface area contributed by atoms with Crippen LogP contribution in [0.4, 0.5) is 11.4 Å². The first kappa shape index (κ1) is 14.4. The number of benzene rings is 2. The molecule has 1 saturated heterocycles. The Morgan fingerprint density at radius 1 is 1.05 bits per heavy atom. The first-order chi connectivity index (χ1) is 10.7. The quantitative estimate of drug-likeness (QED) is 0.941. The fourth-order valence-corrected chi connectivity index (χ4v) is 3.06. The molecule has 0 bridgehead atoms. The van der Waals surface area contributed by atoms with E-state index in [2.05, 4.69) is 17.2 Å². The second-order valence-electron chi connectivity index (χ2n) is 5.65. The van der Waals surface area contributed by atoms with E-state index < -0.39 is 0 Å². The maximum Gasteiger partial charge on any atom is 0.239 e. The van der Waals surface area contributed by atoms with Gasteiger partial charge >= 0.3 is 0 Å². The Hall–Kier alpha value is -2.49. The summed E-state index contributed by atoms with van der Waals surface area (Å²) in [6.07, 6.45) is 0.846. The SMILES string of the molecule is CC(=O)N1[C@@H](Nc2ccccc2)C[C@H](C)N1c1ccccc1. The third-order valence-electron chi connectivity index (χ3n) is 3.96. The number of hydrogen-bond donors (Lipinski definition) is 1. The predicted molar refractivity (Wildman–Crippen MR) is 89.4 cm³/mol. The first-order valence-electron chi connectivity index (χ1n) is 7.62. The van der Waals surface area contributed by atoms with Crippen LogP contribution < -0.4 is 10.3 Å². The number of carbonyl (C=O) groups excluding carboxylic acids is 1. The molecule has 114 valence electrons. The molecular weight excluding hydrogens is 274 g/mol. The molecule has 0 saturated carbocycles. The van der Waals surface area contributed by atoms with Crippen LogP contribution in [0.1, 0.15) is 20.3 Å². The minimum Gasteiger partial charge on any atom is -0.364 e. The summed E-state index contributed by atoms with van der Waals surface area (Å²) in [7, 11) is 0. The van der Waals surface area contributed by atoms with Crippen molar-refractivity contribution in [2.45, 2.75) is 32.5 Å². The maximum atomic E-state index is 12.2. The number of nitrogens with one attached hydrogen (secondary N) is 1. The Labute approximate surface area is 131 Å². The molecule has 1 amide bonds. The van der Waals surface area contributed by atoms with E-state index in [1.807, 2.05) is 65.7 Å². The number of nitrogens with zero attached hydrogens (tertiary/aromatic N) is 2. The number of amides is 1. The van der Waals surface area contributed by atoms with Crippen LogP contribution in [0.3, 0.4) is 0 Å². The van der Waals surface area contributed by atoms with Crippen molar-refractivity contribution in [1.29, 1.82) is 0 Å². The van der Waals surface area contributed by atoms with E-state index in [0.717, 1.165) is 17.8 Å². The van der Waals surface area contributed by atoms with Gasteiger partial charge in [0.2, 0.25) is 5.91 Å². The van der Waals surface area contributed by atoms with Gasteiger partial charge in [-0.1, -0.05) is 36.4 Å². The second-order valence-corrected chi connectivity index (χ2v) is 5.65. The molecular formula is C18H21N3O. The highest BCUT2D eigenvalue weighted by Crippen LogP contribution is 2.31. The van der Waals surface area contributed by atoms with Crippen LogP contribution in [0.5, 0.6) is 0 Å². The molecule has 3 rings (SSSR count). The fraction of sp³-hybridized carbons (Fsp3) is 0.278. The summed E-state index contributed by atoms with van der Waals surface area (Å²) in [5.41, 5.74) is 2.07. The average Bonchev–Trinajstić information content (AvgIpc) is 2.85. The molecule has 0 aromatic heterocycles. The Balaban J connectivity index is 1.88. The monoisotopic (exact) mass is 295 g/mol. The third-order valence-corrected chi connectivity index (χ3v) is 3.96. The minimum atomic E-state index is -0.0323. The van der Waals surface area contributed by atoms with Gasteiger partial charge in [-0.15, -0.1) is 0 Å². The summed E-state index contributed by atoms with van der Waals surface area (Å²) < 4.78 is 0. The van der Waals surface area contributed by atoms with Crippen LogP contribution in [0, 0.1) is 0 Å². The Kier molecular flexibility index (Phi) is 4.00. The third kappa shape index (κ3) is 2.77. The summed E-state index contributed by atoms with van der Waals surface area (Å²) in [5, 5.41) is 7.38. The Morgan fingerprint density at radius 3 is 2.23 bits per heavy atom. The lowest BCUT2D eigenvalue weighted by Crippen LogP contribution is -2.48. The normalized spacial score (nSPS) is 21.0. The van der Waals surface area contributed by atoms with Crippen molar-refractivity contribution in [1.82, 2.24) is 5.01 Å². The molecule has 1 aliphatic heterocycles. The van der Waals surface area contributed by atoms with Crippen molar-refractivity contribution in [2.24, 2.45) is 0 Å². The zero-order chi connectivity index (χ0) is 15.5. The van der Waals surface area contributed by atoms with Crippen molar-refractivity contribution < 1.29 is 4.79 Å². The van der Waals surface area contributed by atoms with Crippen molar-refractivity contribution in [2.75, 3.05) is 10.3 Å². The maximum absolute atomic E-state index is 12.2. The molecule has 1 heterocycles. The summed E-state index contributed by atoms with van der Waals surface area (Å²) in [6, 6.07) is 20.3. The highest BCUT2D eigenvalue weighted by atomic mass is 16.2. The van der Waals surface area contributed by atoms with E-state index in [9.17, 15) is 4.79 Å². The molecule has 4 heteroatoms. The largest absolute Gasteiger partial charge is 0.364 e. The topological polar surface area (TPSA) is 35.6 Å². The summed E-state index contributed by atoms with van der Waals surface area (Å²) in [4.78, 5) is 12.2. The van der Waals surface area contributed by atoms with E-state index in [1.54, 1.807) is 6.92 Å². The van der Waals surface area contributed by atoms with E-state index in [-0.39, 0.29) is 18.1 Å². The Morgan fingerprint density at radius 2 is 1.64 bits per heavy atom. The van der Waals surface area contributed by atoms with Crippen LogP contribution in [-0.4, -0.2) is 23.1 Å². The lowest BCUT2D eigenvalue weighted by molar-refractivity contribution is -0.129. The number of rotatable bonds is 3. The molecule has 0 radical (unpaired) electrons. The van der Waals surface area contributed by atoms with Crippen molar-refractivity contribution >= 4 is 17.3 Å². The lowest BCUT2D eigenvalue weighted by Gasteiger charge is -2.35. The number of para-hydroxylation sites is 2. The average molecular weight is 295 g/mol. The molecule has 0 aliphatic carbocycles. The van der Waals surface area contributed by atoms with Gasteiger partial charge < -0.3 is 5.32 Å². The fourth-order valence-electron chi connectivity index (χ4n) is 3.06. The second kappa shape index (κ2) is 6.10. The molecule has 4 nitrogen and oxygen atoms in total. The van der Waals surface area contributed by atoms with E-state index in [4.69, 9.17) is 0 Å². The zero-order valence-corrected chi connectivity index (χ0v) is 12.9. The predicted octanol–water partition coefficient (Wildman–Crippen LogP) is 3.49. The Bertz CT molecular complexity index is 629. The highest BCUT2D eigenvalue weighted by molar-refractivity contribution is 5.77. The van der Waals surface area contributed by atoms with Gasteiger partial charge in [0.1, 0.15) is 6.17 Å². The minimum absolute atomic E-state index is 0.0323. The van der Waals surface area contributed by atoms with Crippen molar-refractivity contribution in [3.05, 3.63) is 60.7 Å². The van der Waals surface area contributed by atoms with Gasteiger partial charge in [-0.05, 0) is 31.2 Å². The van der Waals surface area contributed by atoms with Crippen LogP contribution in [0.15, 0.2) is 60.7 Å². The van der Waals surface area contributed by atoms with Crippen LogP contribution >= 0.6 is 0 Å².